The molecule has 1 aliphatic heterocycles. The highest BCUT2D eigenvalue weighted by Gasteiger charge is 2.50. The molecule has 1 unspecified atom stereocenters. The van der Waals surface area contributed by atoms with Crippen molar-refractivity contribution in [2.75, 3.05) is 19.6 Å². The smallest absolute Gasteiger partial charge is 0.407 e. The highest BCUT2D eigenvalue weighted by Crippen LogP contribution is 2.59. The van der Waals surface area contributed by atoms with Crippen molar-refractivity contribution in [3.8, 4) is 0 Å². The number of hydrogen-bond acceptors (Lipinski definition) is 5. The molecule has 41 heavy (non-hydrogen) atoms. The van der Waals surface area contributed by atoms with E-state index in [-0.39, 0.29) is 23.3 Å². The zero-order valence-corrected chi connectivity index (χ0v) is 24.9. The number of nitrogens with zero attached hydrogens (tertiary/aromatic N) is 3. The van der Waals surface area contributed by atoms with Gasteiger partial charge in [-0.3, -0.25) is 14.0 Å². The van der Waals surface area contributed by atoms with Crippen LogP contribution in [-0.4, -0.2) is 63.5 Å². The summed E-state index contributed by atoms with van der Waals surface area (Å²) in [4.78, 5) is 45.8. The third-order valence-electron chi connectivity index (χ3n) is 9.80. The van der Waals surface area contributed by atoms with Crippen LogP contribution < -0.4 is 10.6 Å². The summed E-state index contributed by atoms with van der Waals surface area (Å²) in [5.41, 5.74) is 1.54. The van der Waals surface area contributed by atoms with Gasteiger partial charge in [0.25, 0.3) is 5.91 Å². The molecular formula is C32H45N5O4. The molecule has 4 saturated carbocycles. The summed E-state index contributed by atoms with van der Waals surface area (Å²) in [7, 11) is 0. The number of aromatic nitrogens is 2. The summed E-state index contributed by atoms with van der Waals surface area (Å²) in [6.45, 7) is 9.18. The fourth-order valence-electron chi connectivity index (χ4n) is 8.46. The van der Waals surface area contributed by atoms with E-state index >= 15 is 0 Å². The predicted octanol–water partition coefficient (Wildman–Crippen LogP) is 4.90. The molecule has 4 bridgehead atoms. The molecule has 1 saturated heterocycles. The van der Waals surface area contributed by atoms with E-state index in [9.17, 15) is 14.4 Å². The number of piperidine rings is 1. The number of likely N-dealkylation sites (tertiary alicyclic amines) is 1. The number of pyridine rings is 1. The lowest BCUT2D eigenvalue weighted by Gasteiger charge is -2.56. The fraction of sp³-hybridized carbons (Fsp3) is 0.688. The van der Waals surface area contributed by atoms with E-state index in [0.717, 1.165) is 37.1 Å². The first-order valence-electron chi connectivity index (χ1n) is 15.5. The number of ether oxygens (including phenoxy) is 1. The van der Waals surface area contributed by atoms with E-state index in [4.69, 9.17) is 9.72 Å². The predicted molar refractivity (Wildman–Crippen MR) is 156 cm³/mol. The number of hydrogen-bond donors (Lipinski definition) is 2. The zero-order valence-electron chi connectivity index (χ0n) is 24.9. The normalized spacial score (nSPS) is 29.8. The molecule has 3 heterocycles. The first-order chi connectivity index (χ1) is 19.5. The van der Waals surface area contributed by atoms with Crippen molar-refractivity contribution in [2.24, 2.45) is 23.2 Å². The maximum absolute atomic E-state index is 13.5. The number of rotatable bonds is 6. The summed E-state index contributed by atoms with van der Waals surface area (Å²) in [6.07, 6.45) is 10.9. The van der Waals surface area contributed by atoms with E-state index in [1.807, 2.05) is 56.5 Å². The Morgan fingerprint density at radius 3 is 2.44 bits per heavy atom. The number of imidazole rings is 1. The van der Waals surface area contributed by atoms with Crippen LogP contribution in [0.4, 0.5) is 4.79 Å². The molecule has 0 spiro atoms. The lowest BCUT2D eigenvalue weighted by Crippen LogP contribution is -2.51. The van der Waals surface area contributed by atoms with Crippen LogP contribution in [0.3, 0.4) is 0 Å². The van der Waals surface area contributed by atoms with Crippen LogP contribution >= 0.6 is 0 Å². The van der Waals surface area contributed by atoms with Gasteiger partial charge in [-0.2, -0.15) is 0 Å². The molecule has 2 atom stereocenters. The Bertz CT molecular complexity index is 1290. The Balaban J connectivity index is 1.11. The number of fused-ring (bicyclic) bond motifs is 1. The second kappa shape index (κ2) is 10.6. The number of alkyl carbamates (subject to hydrolysis) is 1. The van der Waals surface area contributed by atoms with E-state index in [1.54, 1.807) is 4.90 Å². The number of nitrogens with one attached hydrogen (secondary N) is 2. The molecule has 2 N–H and O–H groups in total. The molecule has 9 heteroatoms. The van der Waals surface area contributed by atoms with Gasteiger partial charge in [-0.25, -0.2) is 9.78 Å². The molecule has 222 valence electrons. The molecule has 5 aliphatic rings. The monoisotopic (exact) mass is 563 g/mol. The van der Waals surface area contributed by atoms with Gasteiger partial charge in [0.05, 0.1) is 11.6 Å². The van der Waals surface area contributed by atoms with Gasteiger partial charge >= 0.3 is 6.09 Å². The van der Waals surface area contributed by atoms with Gasteiger partial charge < -0.3 is 20.3 Å². The van der Waals surface area contributed by atoms with Crippen molar-refractivity contribution >= 4 is 23.6 Å². The van der Waals surface area contributed by atoms with Crippen molar-refractivity contribution in [2.45, 2.75) is 96.6 Å². The molecule has 2 aromatic rings. The quantitative estimate of drug-likeness (QED) is 0.520. The molecule has 3 amide bonds. The summed E-state index contributed by atoms with van der Waals surface area (Å²) in [6, 6.07) is 5.41. The summed E-state index contributed by atoms with van der Waals surface area (Å²) in [5, 5.41) is 6.20. The molecule has 5 fully saturated rings. The van der Waals surface area contributed by atoms with Gasteiger partial charge in [0.2, 0.25) is 5.91 Å². The lowest BCUT2D eigenvalue weighted by molar-refractivity contribution is -0.133. The second-order valence-electron chi connectivity index (χ2n) is 14.4. The first-order valence-corrected chi connectivity index (χ1v) is 15.5. The lowest BCUT2D eigenvalue weighted by atomic mass is 9.49. The molecule has 0 radical (unpaired) electrons. The van der Waals surface area contributed by atoms with E-state index < -0.39 is 17.6 Å². The van der Waals surface area contributed by atoms with Crippen molar-refractivity contribution in [3.63, 3.8) is 0 Å². The largest absolute Gasteiger partial charge is 0.444 e. The van der Waals surface area contributed by atoms with E-state index in [1.165, 1.54) is 38.5 Å². The van der Waals surface area contributed by atoms with Crippen LogP contribution in [0.5, 0.6) is 0 Å². The third kappa shape index (κ3) is 5.95. The van der Waals surface area contributed by atoms with Crippen LogP contribution in [0.25, 0.3) is 5.65 Å². The highest BCUT2D eigenvalue weighted by atomic mass is 16.6. The number of carbonyl (C=O) groups excluding carboxylic acids is 3. The minimum atomic E-state index is -0.573. The van der Waals surface area contributed by atoms with Crippen molar-refractivity contribution in [3.05, 3.63) is 35.8 Å². The topological polar surface area (TPSA) is 105 Å². The third-order valence-corrected chi connectivity index (χ3v) is 9.80. The van der Waals surface area contributed by atoms with Gasteiger partial charge in [-0.15, -0.1) is 0 Å². The Morgan fingerprint density at radius 1 is 1.10 bits per heavy atom. The maximum Gasteiger partial charge on any atom is 0.407 e. The van der Waals surface area contributed by atoms with E-state index in [0.29, 0.717) is 30.1 Å². The van der Waals surface area contributed by atoms with Gasteiger partial charge in [-0.05, 0) is 114 Å². The van der Waals surface area contributed by atoms with Crippen LogP contribution in [0.15, 0.2) is 24.4 Å². The van der Waals surface area contributed by atoms with Gasteiger partial charge in [-0.1, -0.05) is 6.07 Å². The molecule has 4 aliphatic carbocycles. The van der Waals surface area contributed by atoms with Crippen LogP contribution in [-0.2, 0) is 9.53 Å². The standard InChI is InChI=1S/C32H45N5O4/c1-20(29(39)36-10-6-7-24(17-36)34-30(40)41-31(2,3)4)25-18-37-26(8-5-9-27(37)35-25)28(38)33-19-32-14-21-11-22(15-32)13-23(12-21)16-32/h5,8-9,18,20-24H,6-7,10-17,19H2,1-4H3,(H,33,38)(H,34,40)/t20?,21?,22?,23?,24-,32?/m1/s1. The second-order valence-corrected chi connectivity index (χ2v) is 14.4. The fourth-order valence-corrected chi connectivity index (χ4v) is 8.46. The molecule has 0 aromatic carbocycles. The maximum atomic E-state index is 13.5. The van der Waals surface area contributed by atoms with Crippen LogP contribution in [0, 0.1) is 23.2 Å². The Kier molecular flexibility index (Phi) is 7.27. The SMILES string of the molecule is CC(C(=O)N1CCC[C@@H](NC(=O)OC(C)(C)C)C1)c1cn2c(C(=O)NCC34CC5CC(CC(C5)C3)C4)cccc2n1. The Hall–Kier alpha value is -3.10. The Morgan fingerprint density at radius 2 is 1.78 bits per heavy atom. The highest BCUT2D eigenvalue weighted by molar-refractivity contribution is 5.93. The summed E-state index contributed by atoms with van der Waals surface area (Å²) >= 11 is 0. The van der Waals surface area contributed by atoms with Crippen LogP contribution in [0.2, 0.25) is 0 Å². The summed E-state index contributed by atoms with van der Waals surface area (Å²) < 4.78 is 7.21. The Labute approximate surface area is 242 Å². The van der Waals surface area contributed by atoms with Gasteiger partial charge in [0.1, 0.15) is 16.9 Å². The van der Waals surface area contributed by atoms with Gasteiger partial charge in [0, 0.05) is 31.9 Å². The average molecular weight is 564 g/mol. The van der Waals surface area contributed by atoms with E-state index in [2.05, 4.69) is 10.6 Å². The first kappa shape index (κ1) is 28.0. The average Bonchev–Trinajstić information content (AvgIpc) is 3.34. The minimum Gasteiger partial charge on any atom is -0.444 e. The van der Waals surface area contributed by atoms with Crippen molar-refractivity contribution < 1.29 is 19.1 Å². The van der Waals surface area contributed by atoms with Crippen molar-refractivity contribution in [1.82, 2.24) is 24.9 Å². The van der Waals surface area contributed by atoms with Crippen LogP contribution in [0.1, 0.15) is 101 Å². The molecular weight excluding hydrogens is 518 g/mol. The zero-order chi connectivity index (χ0) is 28.9. The minimum absolute atomic E-state index is 0.0306. The molecule has 9 nitrogen and oxygen atoms in total. The molecule has 7 rings (SSSR count). The van der Waals surface area contributed by atoms with Gasteiger partial charge in [0.15, 0.2) is 0 Å². The number of amides is 3. The van der Waals surface area contributed by atoms with Crippen molar-refractivity contribution in [1.29, 1.82) is 0 Å². The summed E-state index contributed by atoms with van der Waals surface area (Å²) in [5.74, 6) is 1.96. The number of carbonyl (C=O) groups is 3. The molecule has 2 aromatic heterocycles.